The molecule has 0 aromatic heterocycles. The second-order valence-electron chi connectivity index (χ2n) is 4.01. The lowest BCUT2D eigenvalue weighted by molar-refractivity contribution is -0.383. The van der Waals surface area contributed by atoms with E-state index < -0.39 is 4.92 Å². The van der Waals surface area contributed by atoms with E-state index in [9.17, 15) is 14.5 Å². The Balaban J connectivity index is 2.11. The summed E-state index contributed by atoms with van der Waals surface area (Å²) in [5.74, 6) is 0.104. The number of nitrogens with zero attached hydrogens (tertiary/aromatic N) is 1. The molecule has 0 aliphatic carbocycles. The van der Waals surface area contributed by atoms with Crippen molar-refractivity contribution in [1.29, 1.82) is 0 Å². The molecule has 0 radical (unpaired) electrons. The first-order chi connectivity index (χ1) is 9.47. The molecule has 0 bridgehead atoms. The zero-order chi connectivity index (χ0) is 14.7. The number of ether oxygens (including phenoxy) is 1. The summed E-state index contributed by atoms with van der Waals surface area (Å²) in [6.45, 7) is 0.173. The fourth-order valence-electron chi connectivity index (χ4n) is 1.61. The molecule has 20 heavy (non-hydrogen) atoms. The van der Waals surface area contributed by atoms with E-state index in [0.717, 1.165) is 0 Å². The summed E-state index contributed by atoms with van der Waals surface area (Å²) < 4.78 is 18.9. The quantitative estimate of drug-likeness (QED) is 0.523. The second kappa shape index (κ2) is 5.87. The number of hydrogen-bond donors (Lipinski definition) is 1. The van der Waals surface area contributed by atoms with Crippen LogP contribution in [0.2, 0.25) is 0 Å². The van der Waals surface area contributed by atoms with E-state index in [4.69, 9.17) is 10.5 Å². The third kappa shape index (κ3) is 3.24. The van der Waals surface area contributed by atoms with Crippen molar-refractivity contribution >= 4 is 27.3 Å². The second-order valence-corrected chi connectivity index (χ2v) is 4.87. The Bertz CT molecular complexity index is 664. The zero-order valence-corrected chi connectivity index (χ0v) is 11.8. The van der Waals surface area contributed by atoms with Crippen molar-refractivity contribution in [1.82, 2.24) is 0 Å². The molecule has 2 rings (SSSR count). The number of nitro benzene ring substituents is 1. The maximum absolute atomic E-state index is 12.9. The van der Waals surface area contributed by atoms with Gasteiger partial charge in [-0.25, -0.2) is 4.39 Å². The van der Waals surface area contributed by atoms with Gasteiger partial charge in [-0.1, -0.05) is 0 Å². The van der Waals surface area contributed by atoms with Gasteiger partial charge in [-0.2, -0.15) is 0 Å². The van der Waals surface area contributed by atoms with Crippen molar-refractivity contribution in [2.75, 3.05) is 5.73 Å². The van der Waals surface area contributed by atoms with E-state index in [1.165, 1.54) is 30.3 Å². The summed E-state index contributed by atoms with van der Waals surface area (Å²) in [7, 11) is 0. The van der Waals surface area contributed by atoms with Crippen LogP contribution < -0.4 is 10.5 Å². The summed E-state index contributed by atoms with van der Waals surface area (Å²) in [6.07, 6.45) is 0. The van der Waals surface area contributed by atoms with Gasteiger partial charge >= 0.3 is 0 Å². The van der Waals surface area contributed by atoms with Crippen molar-refractivity contribution in [3.8, 4) is 5.75 Å². The standard InChI is InChI=1S/C13H10BrFN2O3/c14-10-6-9(15)2-4-13(10)20-7-8-1-3-12(17(18)19)11(16)5-8/h1-6H,7,16H2. The Labute approximate surface area is 122 Å². The highest BCUT2D eigenvalue weighted by molar-refractivity contribution is 9.10. The highest BCUT2D eigenvalue weighted by atomic mass is 79.9. The molecule has 0 aliphatic rings. The molecule has 0 heterocycles. The monoisotopic (exact) mass is 340 g/mol. The first-order valence-corrected chi connectivity index (χ1v) is 6.37. The lowest BCUT2D eigenvalue weighted by atomic mass is 10.2. The molecule has 2 aromatic rings. The Morgan fingerprint density at radius 3 is 2.65 bits per heavy atom. The highest BCUT2D eigenvalue weighted by Crippen LogP contribution is 2.27. The Morgan fingerprint density at radius 2 is 2.05 bits per heavy atom. The summed E-state index contributed by atoms with van der Waals surface area (Å²) in [5.41, 5.74) is 6.21. The van der Waals surface area contributed by atoms with Gasteiger partial charge in [-0.05, 0) is 51.8 Å². The van der Waals surface area contributed by atoms with Crippen LogP contribution in [0, 0.1) is 15.9 Å². The van der Waals surface area contributed by atoms with Crippen molar-refractivity contribution in [2.24, 2.45) is 0 Å². The highest BCUT2D eigenvalue weighted by Gasteiger charge is 2.11. The van der Waals surface area contributed by atoms with Gasteiger partial charge < -0.3 is 10.5 Å². The van der Waals surface area contributed by atoms with Gasteiger partial charge in [-0.15, -0.1) is 0 Å². The average Bonchev–Trinajstić information content (AvgIpc) is 2.37. The lowest BCUT2D eigenvalue weighted by Gasteiger charge is -2.08. The number of anilines is 1. The van der Waals surface area contributed by atoms with Crippen LogP contribution in [0.3, 0.4) is 0 Å². The number of nitro groups is 1. The van der Waals surface area contributed by atoms with Crippen molar-refractivity contribution in [3.63, 3.8) is 0 Å². The first kappa shape index (κ1) is 14.3. The maximum Gasteiger partial charge on any atom is 0.292 e. The van der Waals surface area contributed by atoms with E-state index in [1.807, 2.05) is 0 Å². The van der Waals surface area contributed by atoms with Gasteiger partial charge in [0.2, 0.25) is 0 Å². The van der Waals surface area contributed by atoms with Crippen LogP contribution >= 0.6 is 15.9 Å². The normalized spacial score (nSPS) is 10.3. The largest absolute Gasteiger partial charge is 0.488 e. The number of halogens is 2. The number of nitrogens with two attached hydrogens (primary N) is 1. The third-order valence-electron chi connectivity index (χ3n) is 2.58. The summed E-state index contributed by atoms with van der Waals surface area (Å²) in [6, 6.07) is 8.44. The molecule has 0 fully saturated rings. The van der Waals surface area contributed by atoms with Gasteiger partial charge in [0.25, 0.3) is 5.69 Å². The minimum absolute atomic E-state index is 0.0780. The minimum atomic E-state index is -0.545. The van der Waals surface area contributed by atoms with E-state index >= 15 is 0 Å². The predicted molar refractivity (Wildman–Crippen MR) is 75.9 cm³/mol. The molecule has 0 saturated carbocycles. The van der Waals surface area contributed by atoms with Crippen LogP contribution in [0.4, 0.5) is 15.8 Å². The van der Waals surface area contributed by atoms with E-state index in [0.29, 0.717) is 15.8 Å². The molecule has 0 unspecified atom stereocenters. The van der Waals surface area contributed by atoms with Crippen molar-refractivity contribution in [3.05, 3.63) is 62.4 Å². The van der Waals surface area contributed by atoms with Gasteiger partial charge in [0.1, 0.15) is 23.9 Å². The fourth-order valence-corrected chi connectivity index (χ4v) is 2.08. The molecule has 7 heteroatoms. The van der Waals surface area contributed by atoms with Crippen LogP contribution in [0.1, 0.15) is 5.56 Å². The van der Waals surface area contributed by atoms with Crippen LogP contribution in [0.25, 0.3) is 0 Å². The summed E-state index contributed by atoms with van der Waals surface area (Å²) in [5, 5.41) is 10.6. The Hall–Kier alpha value is -2.15. The third-order valence-corrected chi connectivity index (χ3v) is 3.20. The van der Waals surface area contributed by atoms with Crippen molar-refractivity contribution < 1.29 is 14.1 Å². The SMILES string of the molecule is Nc1cc(COc2ccc(F)cc2Br)ccc1[N+](=O)[O-]. The van der Waals surface area contributed by atoms with Gasteiger partial charge in [0.15, 0.2) is 0 Å². The lowest BCUT2D eigenvalue weighted by Crippen LogP contribution is -2.00. The predicted octanol–water partition coefficient (Wildman–Crippen LogP) is 3.66. The van der Waals surface area contributed by atoms with Crippen LogP contribution in [-0.2, 0) is 6.61 Å². The topological polar surface area (TPSA) is 78.4 Å². The molecule has 0 amide bonds. The van der Waals surface area contributed by atoms with Crippen LogP contribution in [-0.4, -0.2) is 4.92 Å². The molecule has 0 aliphatic heterocycles. The van der Waals surface area contributed by atoms with E-state index in [2.05, 4.69) is 15.9 Å². The maximum atomic E-state index is 12.9. The molecule has 104 valence electrons. The molecule has 0 spiro atoms. The molecule has 5 nitrogen and oxygen atoms in total. The van der Waals surface area contributed by atoms with E-state index in [1.54, 1.807) is 6.07 Å². The van der Waals surface area contributed by atoms with Gasteiger partial charge in [0, 0.05) is 6.07 Å². The first-order valence-electron chi connectivity index (χ1n) is 5.58. The molecule has 2 N–H and O–H groups in total. The minimum Gasteiger partial charge on any atom is -0.488 e. The Kier molecular flexibility index (Phi) is 4.19. The summed E-state index contributed by atoms with van der Waals surface area (Å²) >= 11 is 3.19. The molecule has 0 atom stereocenters. The number of hydrogen-bond acceptors (Lipinski definition) is 4. The molecular formula is C13H10BrFN2O3. The van der Waals surface area contributed by atoms with Crippen LogP contribution in [0.5, 0.6) is 5.75 Å². The van der Waals surface area contributed by atoms with Gasteiger partial charge in [-0.3, -0.25) is 10.1 Å². The molecule has 0 saturated heterocycles. The number of nitrogen functional groups attached to an aromatic ring is 1. The van der Waals surface area contributed by atoms with Gasteiger partial charge in [0.05, 0.1) is 9.40 Å². The number of rotatable bonds is 4. The van der Waals surface area contributed by atoms with Crippen molar-refractivity contribution in [2.45, 2.75) is 6.61 Å². The summed E-state index contributed by atoms with van der Waals surface area (Å²) in [4.78, 5) is 10.1. The van der Waals surface area contributed by atoms with Crippen LogP contribution in [0.15, 0.2) is 40.9 Å². The smallest absolute Gasteiger partial charge is 0.292 e. The van der Waals surface area contributed by atoms with E-state index in [-0.39, 0.29) is 23.8 Å². The average molecular weight is 341 g/mol. The zero-order valence-electron chi connectivity index (χ0n) is 10.2. The molecule has 2 aromatic carbocycles. The number of benzene rings is 2. The Morgan fingerprint density at radius 1 is 1.30 bits per heavy atom. The fraction of sp³-hybridized carbons (Fsp3) is 0.0769. The molecular weight excluding hydrogens is 331 g/mol.